The highest BCUT2D eigenvalue weighted by Gasteiger charge is 2.16. The normalized spacial score (nSPS) is 15.9. The molecule has 0 atom stereocenters. The predicted octanol–water partition coefficient (Wildman–Crippen LogP) is 2.53. The SMILES string of the molecule is COC(=O)CCc1nn(Cc2ccc(OC)cc2)c(=C/C=N)/c1=C(\C)NC1CCCCC1. The standard InChI is InChI=1S/C25H34N4O3/c1-18(27-20-7-5-4-6-8-20)25-22(13-14-24(30)32-3)28-29(23(25)15-16-26)17-19-9-11-21(31-2)12-10-19/h9-12,15-16,20,26-27H,4-8,13-14,17H2,1-3H3/b23-15+,25-18+,26-16?. The number of carbonyl (C=O) groups excluding carboxylic acids is 1. The first-order valence-corrected chi connectivity index (χ1v) is 11.3. The van der Waals surface area contributed by atoms with Crippen molar-refractivity contribution >= 4 is 24.0 Å². The Morgan fingerprint density at radius 3 is 2.56 bits per heavy atom. The van der Waals surface area contributed by atoms with Gasteiger partial charge in [0, 0.05) is 29.6 Å². The van der Waals surface area contributed by atoms with Crippen molar-refractivity contribution < 1.29 is 14.3 Å². The zero-order chi connectivity index (χ0) is 22.9. The van der Waals surface area contributed by atoms with Crippen LogP contribution in [0.5, 0.6) is 5.75 Å². The fourth-order valence-electron chi connectivity index (χ4n) is 4.33. The Bertz CT molecular complexity index is 1030. The number of nitrogens with one attached hydrogen (secondary N) is 2. The molecule has 1 aromatic carbocycles. The van der Waals surface area contributed by atoms with Gasteiger partial charge in [-0.25, -0.2) is 0 Å². The first-order valence-electron chi connectivity index (χ1n) is 11.3. The number of methoxy groups -OCH3 is 2. The molecule has 32 heavy (non-hydrogen) atoms. The highest BCUT2D eigenvalue weighted by atomic mass is 16.5. The maximum absolute atomic E-state index is 11.8. The lowest BCUT2D eigenvalue weighted by Crippen LogP contribution is -2.39. The van der Waals surface area contributed by atoms with E-state index in [-0.39, 0.29) is 12.4 Å². The smallest absolute Gasteiger partial charge is 0.305 e. The van der Waals surface area contributed by atoms with Crippen LogP contribution in [0.25, 0.3) is 11.8 Å². The highest BCUT2D eigenvalue weighted by Crippen LogP contribution is 2.18. The van der Waals surface area contributed by atoms with Gasteiger partial charge in [0.15, 0.2) is 0 Å². The van der Waals surface area contributed by atoms with E-state index in [0.29, 0.717) is 19.0 Å². The van der Waals surface area contributed by atoms with Gasteiger partial charge in [-0.15, -0.1) is 0 Å². The molecule has 7 nitrogen and oxygen atoms in total. The number of hydrogen-bond donors (Lipinski definition) is 2. The Hall–Kier alpha value is -3.09. The molecule has 3 rings (SSSR count). The number of rotatable bonds is 9. The molecule has 0 saturated heterocycles. The third kappa shape index (κ3) is 5.99. The third-order valence-corrected chi connectivity index (χ3v) is 5.99. The number of esters is 1. The summed E-state index contributed by atoms with van der Waals surface area (Å²) in [6.45, 7) is 2.64. The largest absolute Gasteiger partial charge is 0.497 e. The van der Waals surface area contributed by atoms with Gasteiger partial charge in [-0.3, -0.25) is 9.48 Å². The molecular formula is C25H34N4O3. The molecule has 1 aromatic heterocycles. The minimum Gasteiger partial charge on any atom is -0.497 e. The average molecular weight is 439 g/mol. The fraction of sp³-hybridized carbons (Fsp3) is 0.480. The summed E-state index contributed by atoms with van der Waals surface area (Å²) >= 11 is 0. The Kier molecular flexibility index (Phi) is 8.48. The maximum atomic E-state index is 11.8. The van der Waals surface area contributed by atoms with Gasteiger partial charge in [0.2, 0.25) is 0 Å². The van der Waals surface area contributed by atoms with E-state index in [2.05, 4.69) is 12.2 Å². The molecule has 1 saturated carbocycles. The van der Waals surface area contributed by atoms with Gasteiger partial charge >= 0.3 is 5.97 Å². The summed E-state index contributed by atoms with van der Waals surface area (Å²) in [5.41, 5.74) is 2.97. The minimum atomic E-state index is -0.254. The lowest BCUT2D eigenvalue weighted by molar-refractivity contribution is -0.140. The van der Waals surface area contributed by atoms with Gasteiger partial charge in [0.25, 0.3) is 0 Å². The number of carbonyl (C=O) groups is 1. The molecule has 2 N–H and O–H groups in total. The summed E-state index contributed by atoms with van der Waals surface area (Å²) in [6.07, 6.45) is 9.95. The molecule has 1 aliphatic rings. The molecule has 0 amide bonds. The second kappa shape index (κ2) is 11.5. The van der Waals surface area contributed by atoms with E-state index in [4.69, 9.17) is 20.0 Å². The molecule has 1 heterocycles. The van der Waals surface area contributed by atoms with Crippen LogP contribution < -0.4 is 20.6 Å². The Morgan fingerprint density at radius 1 is 1.22 bits per heavy atom. The van der Waals surface area contributed by atoms with Crippen molar-refractivity contribution in [3.05, 3.63) is 46.1 Å². The van der Waals surface area contributed by atoms with Crippen LogP contribution in [-0.4, -0.2) is 42.2 Å². The summed E-state index contributed by atoms with van der Waals surface area (Å²) in [6, 6.07) is 8.34. The van der Waals surface area contributed by atoms with Gasteiger partial charge in [0.1, 0.15) is 5.75 Å². The fourth-order valence-corrected chi connectivity index (χ4v) is 4.33. The summed E-state index contributed by atoms with van der Waals surface area (Å²) in [7, 11) is 3.05. The maximum Gasteiger partial charge on any atom is 0.305 e. The highest BCUT2D eigenvalue weighted by molar-refractivity contribution is 5.88. The minimum absolute atomic E-state index is 0.254. The molecule has 2 aromatic rings. The van der Waals surface area contributed by atoms with Crippen LogP contribution >= 0.6 is 0 Å². The molecule has 7 heteroatoms. The topological polar surface area (TPSA) is 89.2 Å². The van der Waals surface area contributed by atoms with Crippen molar-refractivity contribution in [2.45, 2.75) is 64.5 Å². The summed E-state index contributed by atoms with van der Waals surface area (Å²) < 4.78 is 12.0. The first-order chi connectivity index (χ1) is 15.5. The average Bonchev–Trinajstić information content (AvgIpc) is 3.15. The number of benzene rings is 1. The van der Waals surface area contributed by atoms with E-state index in [1.807, 2.05) is 28.9 Å². The molecule has 0 spiro atoms. The molecule has 0 bridgehead atoms. The molecule has 172 valence electrons. The van der Waals surface area contributed by atoms with Gasteiger partial charge < -0.3 is 20.2 Å². The molecule has 1 fully saturated rings. The van der Waals surface area contributed by atoms with E-state index in [9.17, 15) is 4.79 Å². The van der Waals surface area contributed by atoms with Gasteiger partial charge in [-0.1, -0.05) is 31.4 Å². The van der Waals surface area contributed by atoms with Crippen LogP contribution in [-0.2, 0) is 22.5 Å². The zero-order valence-corrected chi connectivity index (χ0v) is 19.3. The lowest BCUT2D eigenvalue weighted by Gasteiger charge is -2.24. The van der Waals surface area contributed by atoms with Crippen LogP contribution in [0.1, 0.15) is 56.7 Å². The first kappa shape index (κ1) is 23.6. The van der Waals surface area contributed by atoms with Crippen LogP contribution in [0.4, 0.5) is 0 Å². The molecule has 1 aliphatic carbocycles. The molecule has 0 aliphatic heterocycles. The van der Waals surface area contributed by atoms with E-state index in [1.54, 1.807) is 13.2 Å². The van der Waals surface area contributed by atoms with Crippen LogP contribution in [0, 0.1) is 5.41 Å². The Morgan fingerprint density at radius 2 is 1.94 bits per heavy atom. The lowest BCUT2D eigenvalue weighted by atomic mass is 9.95. The van der Waals surface area contributed by atoms with Crippen molar-refractivity contribution in [2.75, 3.05) is 14.2 Å². The van der Waals surface area contributed by atoms with Crippen molar-refractivity contribution in [2.24, 2.45) is 0 Å². The summed E-state index contributed by atoms with van der Waals surface area (Å²) in [5, 5.41) is 18.2. The molecule has 0 unspecified atom stereocenters. The van der Waals surface area contributed by atoms with E-state index in [0.717, 1.165) is 33.3 Å². The predicted molar refractivity (Wildman–Crippen MR) is 126 cm³/mol. The summed E-state index contributed by atoms with van der Waals surface area (Å²) in [5.74, 6) is 0.553. The number of aryl methyl sites for hydroxylation is 1. The number of aromatic nitrogens is 2. The van der Waals surface area contributed by atoms with Gasteiger partial charge in [0.05, 0.1) is 38.2 Å². The third-order valence-electron chi connectivity index (χ3n) is 5.99. The van der Waals surface area contributed by atoms with Gasteiger partial charge in [-0.2, -0.15) is 5.10 Å². The monoisotopic (exact) mass is 438 g/mol. The van der Waals surface area contributed by atoms with E-state index in [1.165, 1.54) is 45.4 Å². The quantitative estimate of drug-likeness (QED) is 0.464. The number of ether oxygens (including phenoxy) is 2. The zero-order valence-electron chi connectivity index (χ0n) is 19.3. The van der Waals surface area contributed by atoms with Crippen molar-refractivity contribution in [3.63, 3.8) is 0 Å². The Balaban J connectivity index is 2.03. The second-order valence-electron chi connectivity index (χ2n) is 8.23. The van der Waals surface area contributed by atoms with E-state index < -0.39 is 0 Å². The van der Waals surface area contributed by atoms with Crippen molar-refractivity contribution in [3.8, 4) is 5.75 Å². The van der Waals surface area contributed by atoms with Crippen LogP contribution in [0.3, 0.4) is 0 Å². The van der Waals surface area contributed by atoms with Crippen LogP contribution in [0.2, 0.25) is 0 Å². The number of hydrogen-bond acceptors (Lipinski definition) is 6. The Labute approximate surface area is 189 Å². The molecule has 0 radical (unpaired) electrons. The van der Waals surface area contributed by atoms with Gasteiger partial charge in [-0.05, 0) is 43.5 Å². The van der Waals surface area contributed by atoms with Crippen molar-refractivity contribution in [1.82, 2.24) is 15.1 Å². The van der Waals surface area contributed by atoms with E-state index >= 15 is 0 Å². The van der Waals surface area contributed by atoms with Crippen molar-refractivity contribution in [1.29, 1.82) is 5.41 Å². The second-order valence-corrected chi connectivity index (χ2v) is 8.23. The number of nitrogens with zero attached hydrogens (tertiary/aromatic N) is 2. The summed E-state index contributed by atoms with van der Waals surface area (Å²) in [4.78, 5) is 11.8. The molecular weight excluding hydrogens is 404 g/mol. The van der Waals surface area contributed by atoms with Crippen LogP contribution in [0.15, 0.2) is 24.3 Å².